The van der Waals surface area contributed by atoms with Crippen molar-refractivity contribution in [2.75, 3.05) is 26.7 Å². The normalized spacial score (nSPS) is 23.9. The van der Waals surface area contributed by atoms with Gasteiger partial charge in [0, 0.05) is 55.3 Å². The van der Waals surface area contributed by atoms with E-state index in [0.717, 1.165) is 38.3 Å². The molecule has 0 bridgehead atoms. The summed E-state index contributed by atoms with van der Waals surface area (Å²) in [4.78, 5) is 6.89. The van der Waals surface area contributed by atoms with Gasteiger partial charge in [-0.25, -0.2) is 4.39 Å². The van der Waals surface area contributed by atoms with E-state index in [1.807, 2.05) is 0 Å². The number of halogens is 3. The lowest BCUT2D eigenvalue weighted by Crippen LogP contribution is -2.49. The van der Waals surface area contributed by atoms with Crippen LogP contribution in [0.1, 0.15) is 44.6 Å². The molecule has 1 aromatic carbocycles. The quantitative estimate of drug-likeness (QED) is 0.355. The Morgan fingerprint density at radius 1 is 1.30 bits per heavy atom. The van der Waals surface area contributed by atoms with Gasteiger partial charge in [0.25, 0.3) is 0 Å². The Hall–Kier alpha value is -0.600. The van der Waals surface area contributed by atoms with E-state index in [9.17, 15) is 4.39 Å². The van der Waals surface area contributed by atoms with Gasteiger partial charge in [0.2, 0.25) is 0 Å². The second-order valence-electron chi connectivity index (χ2n) is 7.91. The van der Waals surface area contributed by atoms with E-state index < -0.39 is 0 Å². The zero-order valence-electron chi connectivity index (χ0n) is 16.3. The molecule has 4 nitrogen and oxygen atoms in total. The van der Waals surface area contributed by atoms with Gasteiger partial charge in [0.1, 0.15) is 5.82 Å². The number of hydrogen-bond acceptors (Lipinski definition) is 2. The summed E-state index contributed by atoms with van der Waals surface area (Å²) in [5.74, 6) is 1.43. The molecular weight excluding hydrogens is 478 g/mol. The first kappa shape index (κ1) is 22.7. The maximum atomic E-state index is 14.1. The minimum absolute atomic E-state index is 0. The van der Waals surface area contributed by atoms with Crippen molar-refractivity contribution in [1.29, 1.82) is 0 Å². The third-order valence-electron chi connectivity index (χ3n) is 5.26. The number of nitrogens with zero attached hydrogens (tertiary/aromatic N) is 2. The van der Waals surface area contributed by atoms with Gasteiger partial charge in [-0.15, -0.1) is 24.0 Å². The van der Waals surface area contributed by atoms with E-state index in [1.54, 1.807) is 19.2 Å². The molecule has 1 heterocycles. The highest BCUT2D eigenvalue weighted by atomic mass is 127. The molecule has 27 heavy (non-hydrogen) atoms. The van der Waals surface area contributed by atoms with Crippen molar-refractivity contribution in [3.63, 3.8) is 0 Å². The Morgan fingerprint density at radius 2 is 2.00 bits per heavy atom. The highest BCUT2D eigenvalue weighted by Crippen LogP contribution is 2.44. The molecule has 1 aliphatic carbocycles. The molecule has 2 fully saturated rings. The van der Waals surface area contributed by atoms with Gasteiger partial charge in [-0.3, -0.25) is 4.99 Å². The average Bonchev–Trinajstić information content (AvgIpc) is 3.34. The smallest absolute Gasteiger partial charge is 0.191 e. The number of nitrogens with one attached hydrogen (secondary N) is 2. The summed E-state index contributed by atoms with van der Waals surface area (Å²) in [6.07, 6.45) is 3.13. The summed E-state index contributed by atoms with van der Waals surface area (Å²) in [5, 5.41) is 7.49. The molecule has 2 atom stereocenters. The van der Waals surface area contributed by atoms with Crippen molar-refractivity contribution in [2.24, 2.45) is 10.9 Å². The molecular formula is C20H31ClFIN4. The number of rotatable bonds is 5. The monoisotopic (exact) mass is 508 g/mol. The molecule has 3 rings (SSSR count). The van der Waals surface area contributed by atoms with E-state index in [4.69, 9.17) is 11.6 Å². The minimum Gasteiger partial charge on any atom is -0.354 e. The van der Waals surface area contributed by atoms with Crippen LogP contribution >= 0.6 is 35.6 Å². The predicted octanol–water partition coefficient (Wildman–Crippen LogP) is 4.24. The van der Waals surface area contributed by atoms with Crippen LogP contribution in [0.4, 0.5) is 4.39 Å². The van der Waals surface area contributed by atoms with Gasteiger partial charge in [-0.1, -0.05) is 31.5 Å². The van der Waals surface area contributed by atoms with Crippen molar-refractivity contribution >= 4 is 41.5 Å². The van der Waals surface area contributed by atoms with Crippen LogP contribution in [0.5, 0.6) is 0 Å². The zero-order chi connectivity index (χ0) is 18.7. The molecule has 0 radical (unpaired) electrons. The third-order valence-corrected chi connectivity index (χ3v) is 5.59. The Bertz CT molecular complexity index is 627. The van der Waals surface area contributed by atoms with Crippen LogP contribution in [-0.4, -0.2) is 49.6 Å². The fraction of sp³-hybridized carbons (Fsp3) is 0.650. The second kappa shape index (κ2) is 10.3. The fourth-order valence-corrected chi connectivity index (χ4v) is 4.16. The van der Waals surface area contributed by atoms with Crippen molar-refractivity contribution in [3.8, 4) is 0 Å². The predicted molar refractivity (Wildman–Crippen MR) is 122 cm³/mol. The molecule has 1 saturated heterocycles. The first-order chi connectivity index (χ1) is 12.5. The fourth-order valence-electron chi connectivity index (χ4n) is 3.85. The molecule has 7 heteroatoms. The first-order valence-corrected chi connectivity index (χ1v) is 10.0. The number of likely N-dealkylation sites (tertiary alicyclic amines) is 1. The van der Waals surface area contributed by atoms with Crippen LogP contribution in [0.3, 0.4) is 0 Å². The van der Waals surface area contributed by atoms with Gasteiger partial charge in [-0.2, -0.15) is 0 Å². The summed E-state index contributed by atoms with van der Waals surface area (Å²) in [6.45, 7) is 7.97. The van der Waals surface area contributed by atoms with Crippen LogP contribution in [0.25, 0.3) is 0 Å². The van der Waals surface area contributed by atoms with Gasteiger partial charge in [0.15, 0.2) is 5.96 Å². The SMILES string of the molecule is CN=C(NC1CCN(CC(C)C)CC1)NC1CC1c1c(F)cccc1Cl.I. The summed E-state index contributed by atoms with van der Waals surface area (Å²) in [5.41, 5.74) is 0.629. The van der Waals surface area contributed by atoms with E-state index >= 15 is 0 Å². The summed E-state index contributed by atoms with van der Waals surface area (Å²) < 4.78 is 14.1. The topological polar surface area (TPSA) is 39.7 Å². The molecule has 0 aromatic heterocycles. The molecule has 0 amide bonds. The standard InChI is InChI=1S/C20H30ClFN4.HI/c1-13(2)12-26-9-7-14(8-10-26)24-20(23-3)25-18-11-15(18)19-16(21)5-4-6-17(19)22;/h4-6,13-15,18H,7-12H2,1-3H3,(H2,23,24,25);1H. The molecule has 2 aliphatic rings. The Balaban J connectivity index is 0.00000261. The Labute approximate surface area is 184 Å². The Morgan fingerprint density at radius 3 is 2.59 bits per heavy atom. The number of hydrogen-bond donors (Lipinski definition) is 2. The van der Waals surface area contributed by atoms with E-state index in [2.05, 4.69) is 34.4 Å². The lowest BCUT2D eigenvalue weighted by atomic mass is 10.0. The number of guanidine groups is 1. The first-order valence-electron chi connectivity index (χ1n) is 9.64. The molecule has 2 unspecified atom stereocenters. The van der Waals surface area contributed by atoms with E-state index in [-0.39, 0.29) is 41.8 Å². The van der Waals surface area contributed by atoms with Crippen molar-refractivity contribution in [3.05, 3.63) is 34.6 Å². The molecule has 1 saturated carbocycles. The van der Waals surface area contributed by atoms with Gasteiger partial charge in [0.05, 0.1) is 0 Å². The van der Waals surface area contributed by atoms with E-state index in [1.165, 1.54) is 12.6 Å². The second-order valence-corrected chi connectivity index (χ2v) is 8.32. The molecule has 152 valence electrons. The molecule has 1 aliphatic heterocycles. The number of piperidine rings is 1. The van der Waals surface area contributed by atoms with Crippen LogP contribution in [0.15, 0.2) is 23.2 Å². The zero-order valence-corrected chi connectivity index (χ0v) is 19.4. The number of benzene rings is 1. The molecule has 2 N–H and O–H groups in total. The average molecular weight is 509 g/mol. The summed E-state index contributed by atoms with van der Waals surface area (Å²) in [7, 11) is 1.79. The van der Waals surface area contributed by atoms with Gasteiger partial charge in [-0.05, 0) is 37.3 Å². The van der Waals surface area contributed by atoms with Crippen molar-refractivity contribution in [2.45, 2.75) is 51.1 Å². The highest BCUT2D eigenvalue weighted by Gasteiger charge is 2.42. The van der Waals surface area contributed by atoms with Crippen LogP contribution in [0.2, 0.25) is 5.02 Å². The highest BCUT2D eigenvalue weighted by molar-refractivity contribution is 14.0. The molecule has 0 spiro atoms. The van der Waals surface area contributed by atoms with E-state index in [0.29, 0.717) is 22.5 Å². The number of aliphatic imine (C=N–C) groups is 1. The van der Waals surface area contributed by atoms with Crippen molar-refractivity contribution < 1.29 is 4.39 Å². The van der Waals surface area contributed by atoms with Gasteiger partial charge >= 0.3 is 0 Å². The third kappa shape index (κ3) is 6.19. The minimum atomic E-state index is -0.215. The van der Waals surface area contributed by atoms with Gasteiger partial charge < -0.3 is 15.5 Å². The summed E-state index contributed by atoms with van der Waals surface area (Å²) >= 11 is 6.19. The summed E-state index contributed by atoms with van der Waals surface area (Å²) in [6, 6.07) is 5.52. The lowest BCUT2D eigenvalue weighted by Gasteiger charge is -2.34. The van der Waals surface area contributed by atoms with Crippen LogP contribution < -0.4 is 10.6 Å². The largest absolute Gasteiger partial charge is 0.354 e. The Kier molecular flexibility index (Phi) is 8.62. The maximum Gasteiger partial charge on any atom is 0.191 e. The van der Waals surface area contributed by atoms with Crippen LogP contribution in [0, 0.1) is 11.7 Å². The maximum absolute atomic E-state index is 14.1. The lowest BCUT2D eigenvalue weighted by molar-refractivity contribution is 0.187. The molecule has 1 aromatic rings. The van der Waals surface area contributed by atoms with Crippen LogP contribution in [-0.2, 0) is 0 Å². The van der Waals surface area contributed by atoms with Crippen molar-refractivity contribution in [1.82, 2.24) is 15.5 Å².